The standard InChI is InChI=1S/C15H15NO3/c1-11-4-2-3-5-14(11)18-10-13-7-6-12(19-13)8-9-15(16)17/h2-9H,10H2,1H3,(H2,16,17)/b9-8+. The number of para-hydroxylation sites is 1. The Bertz CT molecular complexity index is 599. The minimum Gasteiger partial charge on any atom is -0.485 e. The molecule has 0 aliphatic rings. The van der Waals surface area contributed by atoms with E-state index in [0.717, 1.165) is 11.3 Å². The van der Waals surface area contributed by atoms with Crippen molar-refractivity contribution in [3.63, 3.8) is 0 Å². The molecule has 1 aromatic heterocycles. The highest BCUT2D eigenvalue weighted by Gasteiger charge is 2.03. The van der Waals surface area contributed by atoms with Crippen LogP contribution in [0.25, 0.3) is 6.08 Å². The third kappa shape index (κ3) is 3.74. The van der Waals surface area contributed by atoms with Crippen LogP contribution in [0.3, 0.4) is 0 Å². The molecule has 0 atom stereocenters. The third-order valence-corrected chi connectivity index (χ3v) is 2.56. The molecular weight excluding hydrogens is 242 g/mol. The Morgan fingerprint density at radius 1 is 1.32 bits per heavy atom. The number of carbonyl (C=O) groups is 1. The zero-order valence-electron chi connectivity index (χ0n) is 10.6. The van der Waals surface area contributed by atoms with Gasteiger partial charge in [-0.25, -0.2) is 0 Å². The summed E-state index contributed by atoms with van der Waals surface area (Å²) in [6.45, 7) is 2.33. The summed E-state index contributed by atoms with van der Waals surface area (Å²) in [6.07, 6.45) is 2.78. The second-order valence-electron chi connectivity index (χ2n) is 4.09. The first-order valence-electron chi connectivity index (χ1n) is 5.90. The number of carbonyl (C=O) groups excluding carboxylic acids is 1. The van der Waals surface area contributed by atoms with E-state index in [1.54, 1.807) is 12.1 Å². The summed E-state index contributed by atoms with van der Waals surface area (Å²) in [6, 6.07) is 11.3. The topological polar surface area (TPSA) is 65.5 Å². The maximum Gasteiger partial charge on any atom is 0.241 e. The van der Waals surface area contributed by atoms with E-state index in [2.05, 4.69) is 0 Å². The van der Waals surface area contributed by atoms with E-state index < -0.39 is 5.91 Å². The molecule has 4 nitrogen and oxygen atoms in total. The van der Waals surface area contributed by atoms with Crippen molar-refractivity contribution < 1.29 is 13.9 Å². The molecule has 0 fully saturated rings. The van der Waals surface area contributed by atoms with Crippen LogP contribution in [0, 0.1) is 6.92 Å². The number of rotatable bonds is 5. The number of furan rings is 1. The summed E-state index contributed by atoms with van der Waals surface area (Å²) in [4.78, 5) is 10.6. The fourth-order valence-corrected chi connectivity index (χ4v) is 1.59. The summed E-state index contributed by atoms with van der Waals surface area (Å²) in [5.74, 6) is 1.58. The average molecular weight is 257 g/mol. The van der Waals surface area contributed by atoms with Crippen molar-refractivity contribution in [2.45, 2.75) is 13.5 Å². The predicted octanol–water partition coefficient (Wildman–Crippen LogP) is 2.67. The molecule has 98 valence electrons. The monoisotopic (exact) mass is 257 g/mol. The van der Waals surface area contributed by atoms with E-state index >= 15 is 0 Å². The number of primary amides is 1. The SMILES string of the molecule is Cc1ccccc1OCc1ccc(/C=C/C(N)=O)o1. The van der Waals surface area contributed by atoms with Gasteiger partial charge in [0.25, 0.3) is 0 Å². The molecule has 0 spiro atoms. The van der Waals surface area contributed by atoms with E-state index in [4.69, 9.17) is 14.9 Å². The Morgan fingerprint density at radius 2 is 2.11 bits per heavy atom. The van der Waals surface area contributed by atoms with Gasteiger partial charge in [-0.05, 0) is 36.8 Å². The number of amides is 1. The van der Waals surface area contributed by atoms with Crippen molar-refractivity contribution >= 4 is 12.0 Å². The lowest BCUT2D eigenvalue weighted by Gasteiger charge is -2.06. The van der Waals surface area contributed by atoms with E-state index in [1.807, 2.05) is 31.2 Å². The predicted molar refractivity (Wildman–Crippen MR) is 72.4 cm³/mol. The lowest BCUT2D eigenvalue weighted by Crippen LogP contribution is -2.04. The summed E-state index contributed by atoms with van der Waals surface area (Å²) in [7, 11) is 0. The van der Waals surface area contributed by atoms with E-state index in [1.165, 1.54) is 12.2 Å². The molecule has 1 aromatic carbocycles. The Hall–Kier alpha value is -2.49. The molecule has 2 aromatic rings. The second-order valence-corrected chi connectivity index (χ2v) is 4.09. The van der Waals surface area contributed by atoms with Gasteiger partial charge in [0.05, 0.1) is 0 Å². The quantitative estimate of drug-likeness (QED) is 0.837. The Kier molecular flexibility index (Phi) is 4.03. The molecule has 2 rings (SSSR count). The molecule has 0 unspecified atom stereocenters. The van der Waals surface area contributed by atoms with Crippen LogP contribution in [0.1, 0.15) is 17.1 Å². The number of aryl methyl sites for hydroxylation is 1. The number of ether oxygens (including phenoxy) is 1. The maximum atomic E-state index is 10.6. The van der Waals surface area contributed by atoms with Crippen LogP contribution in [-0.4, -0.2) is 5.91 Å². The molecule has 0 saturated heterocycles. The number of hydrogen-bond donors (Lipinski definition) is 1. The largest absolute Gasteiger partial charge is 0.485 e. The van der Waals surface area contributed by atoms with Crippen LogP contribution in [0.15, 0.2) is 46.9 Å². The minimum absolute atomic E-state index is 0.343. The maximum absolute atomic E-state index is 10.6. The molecule has 0 saturated carbocycles. The average Bonchev–Trinajstić information content (AvgIpc) is 2.83. The third-order valence-electron chi connectivity index (χ3n) is 2.56. The highest BCUT2D eigenvalue weighted by atomic mass is 16.5. The first kappa shape index (κ1) is 13.0. The van der Waals surface area contributed by atoms with Gasteiger partial charge in [0.1, 0.15) is 23.9 Å². The van der Waals surface area contributed by atoms with Crippen LogP contribution >= 0.6 is 0 Å². The van der Waals surface area contributed by atoms with Crippen molar-refractivity contribution in [3.05, 3.63) is 59.6 Å². The minimum atomic E-state index is -0.505. The van der Waals surface area contributed by atoms with Gasteiger partial charge < -0.3 is 14.9 Å². The van der Waals surface area contributed by atoms with Gasteiger partial charge in [-0.15, -0.1) is 0 Å². The fourth-order valence-electron chi connectivity index (χ4n) is 1.59. The van der Waals surface area contributed by atoms with Gasteiger partial charge in [0.15, 0.2) is 0 Å². The molecule has 19 heavy (non-hydrogen) atoms. The number of hydrogen-bond acceptors (Lipinski definition) is 3. The Balaban J connectivity index is 1.97. The van der Waals surface area contributed by atoms with Gasteiger partial charge in [-0.3, -0.25) is 4.79 Å². The number of nitrogens with two attached hydrogens (primary N) is 1. The molecule has 0 radical (unpaired) electrons. The highest BCUT2D eigenvalue weighted by Crippen LogP contribution is 2.18. The lowest BCUT2D eigenvalue weighted by atomic mass is 10.2. The van der Waals surface area contributed by atoms with Crippen LogP contribution < -0.4 is 10.5 Å². The van der Waals surface area contributed by atoms with Gasteiger partial charge in [-0.1, -0.05) is 18.2 Å². The first-order chi connectivity index (χ1) is 9.15. The van der Waals surface area contributed by atoms with Crippen LogP contribution in [0.4, 0.5) is 0 Å². The van der Waals surface area contributed by atoms with E-state index in [9.17, 15) is 4.79 Å². The second kappa shape index (κ2) is 5.91. The van der Waals surface area contributed by atoms with E-state index in [-0.39, 0.29) is 0 Å². The molecule has 2 N–H and O–H groups in total. The van der Waals surface area contributed by atoms with Crippen molar-refractivity contribution in [1.29, 1.82) is 0 Å². The lowest BCUT2D eigenvalue weighted by molar-refractivity contribution is -0.113. The van der Waals surface area contributed by atoms with Gasteiger partial charge in [-0.2, -0.15) is 0 Å². The van der Waals surface area contributed by atoms with Gasteiger partial charge in [0.2, 0.25) is 5.91 Å². The van der Waals surface area contributed by atoms with Gasteiger partial charge in [0, 0.05) is 6.08 Å². The summed E-state index contributed by atoms with van der Waals surface area (Å²) in [5.41, 5.74) is 6.08. The molecule has 0 aliphatic carbocycles. The Morgan fingerprint density at radius 3 is 2.84 bits per heavy atom. The van der Waals surface area contributed by atoms with Crippen LogP contribution in [0.5, 0.6) is 5.75 Å². The zero-order chi connectivity index (χ0) is 13.7. The van der Waals surface area contributed by atoms with Crippen molar-refractivity contribution in [2.24, 2.45) is 5.73 Å². The normalized spacial score (nSPS) is 10.8. The smallest absolute Gasteiger partial charge is 0.241 e. The van der Waals surface area contributed by atoms with Crippen LogP contribution in [-0.2, 0) is 11.4 Å². The summed E-state index contributed by atoms with van der Waals surface area (Å²) >= 11 is 0. The van der Waals surface area contributed by atoms with E-state index in [0.29, 0.717) is 18.1 Å². The molecule has 0 bridgehead atoms. The van der Waals surface area contributed by atoms with Gasteiger partial charge >= 0.3 is 0 Å². The molecule has 1 amide bonds. The molecular formula is C15H15NO3. The number of benzene rings is 1. The van der Waals surface area contributed by atoms with Crippen molar-refractivity contribution in [3.8, 4) is 5.75 Å². The summed E-state index contributed by atoms with van der Waals surface area (Å²) < 4.78 is 11.1. The zero-order valence-corrected chi connectivity index (χ0v) is 10.6. The fraction of sp³-hybridized carbons (Fsp3) is 0.133. The first-order valence-corrected chi connectivity index (χ1v) is 5.90. The Labute approximate surface area is 111 Å². The molecule has 4 heteroatoms. The molecule has 0 aliphatic heterocycles. The van der Waals surface area contributed by atoms with Crippen LogP contribution in [0.2, 0.25) is 0 Å². The van der Waals surface area contributed by atoms with Crippen molar-refractivity contribution in [1.82, 2.24) is 0 Å². The molecule has 1 heterocycles. The van der Waals surface area contributed by atoms with Crippen molar-refractivity contribution in [2.75, 3.05) is 0 Å². The summed E-state index contributed by atoms with van der Waals surface area (Å²) in [5, 5.41) is 0. The highest BCUT2D eigenvalue weighted by molar-refractivity contribution is 5.89.